The Kier molecular flexibility index (Phi) is 7.55. The van der Waals surface area contributed by atoms with Crippen LogP contribution in [0.5, 0.6) is 0 Å². The van der Waals surface area contributed by atoms with Crippen molar-refractivity contribution in [2.45, 2.75) is 39.7 Å². The fourth-order valence-corrected chi connectivity index (χ4v) is 3.62. The highest BCUT2D eigenvalue weighted by Gasteiger charge is 2.21. The lowest BCUT2D eigenvalue weighted by Crippen LogP contribution is -2.29. The second-order valence-electron chi connectivity index (χ2n) is 5.95. The fraction of sp³-hybridized carbons (Fsp3) is 0.350. The predicted molar refractivity (Wildman–Crippen MR) is 106 cm³/mol. The van der Waals surface area contributed by atoms with Crippen molar-refractivity contribution >= 4 is 34.1 Å². The maximum absolute atomic E-state index is 12.6. The number of nitrogens with one attached hydrogen (secondary N) is 2. The highest BCUT2D eigenvalue weighted by molar-refractivity contribution is 7.16. The van der Waals surface area contributed by atoms with Gasteiger partial charge in [0.1, 0.15) is 5.00 Å². The van der Waals surface area contributed by atoms with E-state index < -0.39 is 12.0 Å². The number of aryl methyl sites for hydroxylation is 1. The number of esters is 1. The van der Waals surface area contributed by atoms with Crippen LogP contribution in [0.25, 0.3) is 0 Å². The Bertz CT molecular complexity index is 802. The quantitative estimate of drug-likeness (QED) is 0.676. The van der Waals surface area contributed by atoms with Crippen molar-refractivity contribution in [1.29, 1.82) is 0 Å². The molecule has 1 aromatic heterocycles. The Labute approximate surface area is 162 Å². The Morgan fingerprint density at radius 3 is 2.44 bits per heavy atom. The minimum Gasteiger partial charge on any atom is -0.462 e. The van der Waals surface area contributed by atoms with Gasteiger partial charge in [-0.05, 0) is 25.0 Å². The first-order valence-corrected chi connectivity index (χ1v) is 9.67. The third kappa shape index (κ3) is 5.92. The molecule has 1 unspecified atom stereocenters. The lowest BCUT2D eigenvalue weighted by molar-refractivity contribution is -0.120. The van der Waals surface area contributed by atoms with Gasteiger partial charge in [0.25, 0.3) is 0 Å². The summed E-state index contributed by atoms with van der Waals surface area (Å²) < 4.78 is 5.07. The summed E-state index contributed by atoms with van der Waals surface area (Å²) in [5.74, 6) is -0.953. The minimum atomic E-state index is -0.453. The number of benzene rings is 1. The number of amides is 2. The Morgan fingerprint density at radius 1 is 1.15 bits per heavy atom. The zero-order valence-electron chi connectivity index (χ0n) is 15.7. The van der Waals surface area contributed by atoms with Crippen molar-refractivity contribution in [3.63, 3.8) is 0 Å². The smallest absolute Gasteiger partial charge is 0.341 e. The van der Waals surface area contributed by atoms with Gasteiger partial charge in [-0.25, -0.2) is 4.79 Å². The van der Waals surface area contributed by atoms with Gasteiger partial charge in [0.2, 0.25) is 11.8 Å². The molecule has 0 aliphatic rings. The van der Waals surface area contributed by atoms with Gasteiger partial charge in [-0.1, -0.05) is 37.3 Å². The average Bonchev–Trinajstić information content (AvgIpc) is 3.04. The first-order valence-electron chi connectivity index (χ1n) is 8.86. The summed E-state index contributed by atoms with van der Waals surface area (Å²) in [7, 11) is 0. The second kappa shape index (κ2) is 9.87. The molecule has 2 amide bonds. The number of hydrogen-bond donors (Lipinski definition) is 2. The molecule has 1 heterocycles. The summed E-state index contributed by atoms with van der Waals surface area (Å²) >= 11 is 1.36. The lowest BCUT2D eigenvalue weighted by atomic mass is 10.0. The van der Waals surface area contributed by atoms with Crippen LogP contribution in [-0.2, 0) is 20.7 Å². The molecule has 0 fully saturated rings. The van der Waals surface area contributed by atoms with Crippen LogP contribution in [-0.4, -0.2) is 24.4 Å². The van der Waals surface area contributed by atoms with Crippen LogP contribution in [0.2, 0.25) is 0 Å². The standard InChI is InChI=1S/C20H24N2O4S/c1-4-15-11-16(20(25)26-5-2)19(27-15)22-18(24)12-17(21-13(3)23)14-9-7-6-8-10-14/h6-11,17H,4-5,12H2,1-3H3,(H,21,23)(H,22,24). The van der Waals surface area contributed by atoms with E-state index in [1.165, 1.54) is 18.3 Å². The van der Waals surface area contributed by atoms with Gasteiger partial charge < -0.3 is 15.4 Å². The highest BCUT2D eigenvalue weighted by atomic mass is 32.1. The zero-order chi connectivity index (χ0) is 19.8. The van der Waals surface area contributed by atoms with Crippen molar-refractivity contribution in [2.24, 2.45) is 0 Å². The SMILES string of the molecule is CCOC(=O)c1cc(CC)sc1NC(=O)CC(NC(C)=O)c1ccccc1. The normalized spacial score (nSPS) is 11.5. The summed E-state index contributed by atoms with van der Waals surface area (Å²) in [6.45, 7) is 5.40. The first-order chi connectivity index (χ1) is 12.9. The van der Waals surface area contributed by atoms with Crippen LogP contribution in [0.4, 0.5) is 5.00 Å². The van der Waals surface area contributed by atoms with Crippen LogP contribution in [0.15, 0.2) is 36.4 Å². The summed E-state index contributed by atoms with van der Waals surface area (Å²) in [4.78, 5) is 37.2. The molecule has 0 aliphatic heterocycles. The molecule has 0 bridgehead atoms. The first kappa shape index (κ1) is 20.6. The molecule has 7 heteroatoms. The Balaban J connectivity index is 2.16. The minimum absolute atomic E-state index is 0.0607. The summed E-state index contributed by atoms with van der Waals surface area (Å²) in [6.07, 6.45) is 0.816. The number of thiophene rings is 1. The number of carbonyl (C=O) groups excluding carboxylic acids is 3. The summed E-state index contributed by atoms with van der Waals surface area (Å²) in [5.41, 5.74) is 1.21. The fourth-order valence-electron chi connectivity index (χ4n) is 2.62. The molecule has 0 aliphatic carbocycles. The number of carbonyl (C=O) groups is 3. The molecule has 1 atom stereocenters. The van der Waals surface area contributed by atoms with Gasteiger partial charge in [0.15, 0.2) is 0 Å². The lowest BCUT2D eigenvalue weighted by Gasteiger charge is -2.18. The van der Waals surface area contributed by atoms with E-state index in [-0.39, 0.29) is 24.8 Å². The molecule has 2 aromatic rings. The van der Waals surface area contributed by atoms with Crippen molar-refractivity contribution in [3.05, 3.63) is 52.4 Å². The van der Waals surface area contributed by atoms with Gasteiger partial charge in [0, 0.05) is 11.8 Å². The average molecular weight is 388 g/mol. The van der Waals surface area contributed by atoms with E-state index in [9.17, 15) is 14.4 Å². The molecule has 2 rings (SSSR count). The van der Waals surface area contributed by atoms with E-state index in [1.807, 2.05) is 37.3 Å². The van der Waals surface area contributed by atoms with Gasteiger partial charge in [-0.3, -0.25) is 9.59 Å². The monoisotopic (exact) mass is 388 g/mol. The maximum atomic E-state index is 12.6. The van der Waals surface area contributed by atoms with Gasteiger partial charge >= 0.3 is 5.97 Å². The summed E-state index contributed by atoms with van der Waals surface area (Å²) in [6, 6.07) is 10.6. The largest absolute Gasteiger partial charge is 0.462 e. The van der Waals surface area contributed by atoms with E-state index >= 15 is 0 Å². The van der Waals surface area contributed by atoms with Crippen molar-refractivity contribution in [2.75, 3.05) is 11.9 Å². The van der Waals surface area contributed by atoms with Gasteiger partial charge in [0.05, 0.1) is 24.6 Å². The zero-order valence-corrected chi connectivity index (χ0v) is 16.5. The van der Waals surface area contributed by atoms with E-state index in [4.69, 9.17) is 4.74 Å². The van der Waals surface area contributed by atoms with Crippen molar-refractivity contribution in [1.82, 2.24) is 5.32 Å². The van der Waals surface area contributed by atoms with E-state index in [2.05, 4.69) is 10.6 Å². The maximum Gasteiger partial charge on any atom is 0.341 e. The molecule has 6 nitrogen and oxygen atoms in total. The molecule has 1 aromatic carbocycles. The molecule has 0 radical (unpaired) electrons. The van der Waals surface area contributed by atoms with Crippen LogP contribution >= 0.6 is 11.3 Å². The number of rotatable bonds is 8. The molecule has 27 heavy (non-hydrogen) atoms. The van der Waals surface area contributed by atoms with Gasteiger partial charge in [-0.2, -0.15) is 0 Å². The third-order valence-corrected chi connectivity index (χ3v) is 5.04. The van der Waals surface area contributed by atoms with Crippen LogP contribution < -0.4 is 10.6 Å². The molecule has 144 valence electrons. The Hall–Kier alpha value is -2.67. The number of hydrogen-bond acceptors (Lipinski definition) is 5. The predicted octanol–water partition coefficient (Wildman–Crippen LogP) is 3.69. The topological polar surface area (TPSA) is 84.5 Å². The molecule has 2 N–H and O–H groups in total. The summed E-state index contributed by atoms with van der Waals surface area (Å²) in [5, 5.41) is 6.08. The van der Waals surface area contributed by atoms with Crippen molar-refractivity contribution in [3.8, 4) is 0 Å². The Morgan fingerprint density at radius 2 is 1.85 bits per heavy atom. The third-order valence-electron chi connectivity index (χ3n) is 3.85. The molecule has 0 saturated heterocycles. The van der Waals surface area contributed by atoms with Crippen molar-refractivity contribution < 1.29 is 19.1 Å². The van der Waals surface area contributed by atoms with Crippen LogP contribution in [0.1, 0.15) is 54.0 Å². The molecule has 0 spiro atoms. The van der Waals surface area contributed by atoms with Crippen LogP contribution in [0, 0.1) is 0 Å². The van der Waals surface area contributed by atoms with E-state index in [0.717, 1.165) is 16.9 Å². The number of anilines is 1. The van der Waals surface area contributed by atoms with E-state index in [1.54, 1.807) is 13.0 Å². The molecular formula is C20H24N2O4S. The van der Waals surface area contributed by atoms with Crippen LogP contribution in [0.3, 0.4) is 0 Å². The molecule has 0 saturated carbocycles. The van der Waals surface area contributed by atoms with E-state index in [0.29, 0.717) is 10.6 Å². The number of ether oxygens (including phenoxy) is 1. The van der Waals surface area contributed by atoms with Gasteiger partial charge in [-0.15, -0.1) is 11.3 Å². The highest BCUT2D eigenvalue weighted by Crippen LogP contribution is 2.30. The second-order valence-corrected chi connectivity index (χ2v) is 7.08. The molecular weight excluding hydrogens is 364 g/mol.